The molecule has 1 aliphatic rings. The lowest BCUT2D eigenvalue weighted by atomic mass is 9.86. The molecule has 804 valence electrons. The highest BCUT2D eigenvalue weighted by Gasteiger charge is 2.44. The largest absolute Gasteiger partial charge is 0.508 e. The average Bonchev–Trinajstić information content (AvgIpc) is 0.938. The summed E-state index contributed by atoms with van der Waals surface area (Å²) in [5, 5.41) is 100. The number of guanidine groups is 2. The van der Waals surface area contributed by atoms with Gasteiger partial charge in [0.25, 0.3) is 53.2 Å². The third-order valence-corrected chi connectivity index (χ3v) is 22.0. The number of nitrogens with one attached hydrogen (secondary N) is 25. The van der Waals surface area contributed by atoms with E-state index in [1.807, 2.05) is 0 Å². The fraction of sp³-hybridized carbons (Fsp3) is 0.495. The maximum Gasteiger partial charge on any atom is 0.305 e. The first-order chi connectivity index (χ1) is 69.6. The van der Waals surface area contributed by atoms with Crippen LogP contribution in [0.3, 0.4) is 0 Å². The number of hydrogen-bond acceptors (Lipinski definition) is 37. The molecule has 4 rings (SSSR count). The second-order valence-corrected chi connectivity index (χ2v) is 35.0. The van der Waals surface area contributed by atoms with E-state index in [1.54, 1.807) is 56.3 Å². The van der Waals surface area contributed by atoms with Gasteiger partial charge >= 0.3 is 5.97 Å². The van der Waals surface area contributed by atoms with Crippen LogP contribution in [0.15, 0.2) is 91.0 Å². The molecule has 56 heteroatoms. The third kappa shape index (κ3) is 46.2. The monoisotopic (exact) mass is 2060 g/mol. The van der Waals surface area contributed by atoms with Crippen molar-refractivity contribution in [3.05, 3.63) is 108 Å². The van der Waals surface area contributed by atoms with Gasteiger partial charge in [0.2, 0.25) is 29.5 Å². The highest BCUT2D eigenvalue weighted by Crippen LogP contribution is 2.25. The van der Waals surface area contributed by atoms with E-state index < -0.39 is 266 Å². The Labute approximate surface area is 843 Å². The van der Waals surface area contributed by atoms with Gasteiger partial charge in [-0.05, 0) is 152 Å². The zero-order valence-electron chi connectivity index (χ0n) is 81.5. The summed E-state index contributed by atoms with van der Waals surface area (Å²) in [7, 11) is 0. The van der Waals surface area contributed by atoms with Crippen LogP contribution < -0.4 is 145 Å². The van der Waals surface area contributed by atoms with Crippen LogP contribution in [0.4, 0.5) is 0 Å². The minimum atomic E-state index is -2.53. The molecule has 3 aromatic carbocycles. The first-order valence-corrected chi connectivity index (χ1v) is 46.4. The van der Waals surface area contributed by atoms with Crippen molar-refractivity contribution in [3.8, 4) is 11.5 Å². The minimum Gasteiger partial charge on any atom is -0.508 e. The Morgan fingerprint density at radius 2 is 0.789 bits per heavy atom. The Morgan fingerprint density at radius 1 is 0.435 bits per heavy atom. The van der Waals surface area contributed by atoms with Crippen molar-refractivity contribution in [1.82, 2.24) is 122 Å². The lowest BCUT2D eigenvalue weighted by molar-refractivity contribution is -0.140. The summed E-state index contributed by atoms with van der Waals surface area (Å²) in [5.41, 5.74) is 19.5. The van der Waals surface area contributed by atoms with E-state index in [0.29, 0.717) is 37.4 Å². The zero-order chi connectivity index (χ0) is 110. The number of allylic oxidation sites excluding steroid dienone is 2. The number of aliphatic carboxylic acids is 1. The van der Waals surface area contributed by atoms with Crippen LogP contribution in [0.25, 0.3) is 0 Å². The third-order valence-electron chi connectivity index (χ3n) is 22.0. The Bertz CT molecular complexity index is 5070. The zero-order valence-corrected chi connectivity index (χ0v) is 81.5. The molecule has 1 heterocycles. The number of amides is 14. The number of benzene rings is 3. The molecular weight excluding hydrogens is 1930 g/mol. The predicted octanol–water partition coefficient (Wildman–Crippen LogP) is -11.6. The van der Waals surface area contributed by atoms with Gasteiger partial charge in [0.15, 0.2) is 67.4 Å². The SMILES string of the molecule is C[C@@H]1NC(=O)C(C)(C)CCC/C=C\CCC[C@@](C)(C(=O)N[C@@H](N[C@@H](C=O)Cc2ccccc2)C(=O)N[C@H](N[C@@H](C=O)CC(N)=O)C(=O)N[C@@H](N[C@@H](C)C=O)C(=O)N[C@H](N[C@@H](C=O)Cc2ccc(O)cc2)C(=O)N[C@@H](N[C@@H](C=O)Cc2ccc(O)cc2)C(=O)N[C@H](N[C@@H](C)C=O)C(=O)N[C@H](N[C@@H](C=O)CCCNC(=N)N)C(=O)N[C@H](N[C@@H](C=O)CCCNC(=N)N)C(N)=O)NC(=O)[C@H](N[C@@H](C=O)CC(=O)O)NC(=O)CNC1=O. The number of aromatic hydroxyl groups is 2. The first kappa shape index (κ1) is 124. The van der Waals surface area contributed by atoms with Crippen LogP contribution >= 0.6 is 0 Å². The molecule has 3 aromatic rings. The van der Waals surface area contributed by atoms with Gasteiger partial charge in [-0.1, -0.05) is 80.6 Å². The molecule has 0 aliphatic carbocycles. The average molecular weight is 2070 g/mol. The van der Waals surface area contributed by atoms with E-state index >= 15 is 28.8 Å². The molecule has 0 unspecified atom stereocenters. The predicted molar refractivity (Wildman–Crippen MR) is 521 cm³/mol. The molecule has 36 N–H and O–H groups in total. The molecule has 14 amide bonds. The van der Waals surface area contributed by atoms with E-state index in [-0.39, 0.29) is 125 Å². The summed E-state index contributed by atoms with van der Waals surface area (Å²) >= 11 is 0. The maximum absolute atomic E-state index is 15.6. The molecule has 1 aliphatic heterocycles. The van der Waals surface area contributed by atoms with Crippen LogP contribution in [0, 0.1) is 16.2 Å². The highest BCUT2D eigenvalue weighted by atomic mass is 16.4. The number of aldehydes is 9. The molecule has 0 aromatic heterocycles. The number of carboxylic acid groups (broad SMARTS) is 1. The topological polar surface area (TPSA) is 899 Å². The Hall–Kier alpha value is -15.7. The molecule has 0 radical (unpaired) electrons. The lowest BCUT2D eigenvalue weighted by Gasteiger charge is -2.34. The van der Waals surface area contributed by atoms with Gasteiger partial charge in [-0.25, -0.2) is 0 Å². The standard InChI is InChI=1S/C91H133N29O27/c1-49(40-121)101-69(78(138)115-71(105-56(43-124)21-17-33-99-89(96)97)80(140)112-68(67(93)136)104-55(42-123)20-16-32-98-88(94)95)113-81(141)72(106-58(45-126)35-53-22-26-62(130)27-23-53)117-83(143)73(107-59(46-127)36-54-24-28-63(131)29-25-54)116-79(139)70(102-50(2)41-122)114-82(142)74(109-60(47-128)37-64(92)132)118-84(144)75(108-57(44-125)34-52-18-12-11-13-19-52)119-87(147)91(6)31-15-10-8-7-9-14-30-90(4,5)86(146)103-51(3)77(137)100-39-65(133)111-76(85(145)120-91)110-61(48-129)38-66(134)135/h7-8,11-13,18-19,22-29,40-51,55-61,68-76,101-102,104-110,130-131H,9-10,14-17,20-21,30-39H2,1-6H3,(H2,92,132)(H2,93,136)(H,100,137)(H,103,146)(H,111,133)(H,112,140)(H,113,141)(H,114,142)(H,115,138)(H,116,139)(H,117,143)(H,118,144)(H,119,147)(H,120,145)(H,134,135)(H4,94,95,98)(H4,96,97,99)/b8-7-/t49-,50-,51-,55+,56+,57+,58+,59+,60+,61+,68-,69-,70+,71-,72+,73-,74-,75+,76+,91-/m0/s1. The molecule has 0 spiro atoms. The normalized spacial score (nSPS) is 18.8. The van der Waals surface area contributed by atoms with E-state index in [1.165, 1.54) is 55.5 Å². The number of carboxylic acids is 1. The van der Waals surface area contributed by atoms with Crippen molar-refractivity contribution < 1.29 is 130 Å². The van der Waals surface area contributed by atoms with Crippen molar-refractivity contribution in [2.75, 3.05) is 19.6 Å². The van der Waals surface area contributed by atoms with Gasteiger partial charge in [0, 0.05) is 24.9 Å². The number of phenolic OH excluding ortho intramolecular Hbond substituents is 2. The van der Waals surface area contributed by atoms with Crippen molar-refractivity contribution in [3.63, 3.8) is 0 Å². The molecule has 20 atom stereocenters. The second-order valence-electron chi connectivity index (χ2n) is 35.0. The number of rotatable bonds is 62. The number of nitrogens with two attached hydrogens (primary N) is 4. The van der Waals surface area contributed by atoms with Gasteiger partial charge in [-0.2, -0.15) is 0 Å². The maximum atomic E-state index is 15.6. The van der Waals surface area contributed by atoms with Gasteiger partial charge in [0.05, 0.1) is 67.3 Å². The molecule has 0 saturated heterocycles. The molecule has 0 fully saturated rings. The summed E-state index contributed by atoms with van der Waals surface area (Å²) in [5.74, 6) is -21.8. The fourth-order valence-corrected chi connectivity index (χ4v) is 14.0. The quantitative estimate of drug-likeness (QED) is 0.00623. The summed E-state index contributed by atoms with van der Waals surface area (Å²) in [4.78, 5) is 331. The molecule has 0 bridgehead atoms. The minimum absolute atomic E-state index is 0.0262. The first-order valence-electron chi connectivity index (χ1n) is 46.4. The number of carbonyl (C=O) groups excluding carboxylic acids is 23. The highest BCUT2D eigenvalue weighted by molar-refractivity contribution is 6.01. The number of primary amides is 2. The van der Waals surface area contributed by atoms with Crippen LogP contribution in [-0.2, 0) is 134 Å². The van der Waals surface area contributed by atoms with Gasteiger partial charge in [-0.15, -0.1) is 0 Å². The molecule has 147 heavy (non-hydrogen) atoms. The van der Waals surface area contributed by atoms with E-state index in [4.69, 9.17) is 33.8 Å². The van der Waals surface area contributed by atoms with Crippen molar-refractivity contribution >= 4 is 157 Å². The number of phenols is 2. The van der Waals surface area contributed by atoms with Crippen molar-refractivity contribution in [2.24, 2.45) is 28.3 Å². The Kier molecular flexibility index (Phi) is 53.9. The van der Waals surface area contributed by atoms with Gasteiger partial charge in [-0.3, -0.25) is 131 Å². The van der Waals surface area contributed by atoms with E-state index in [0.717, 1.165) is 20.8 Å². The van der Waals surface area contributed by atoms with Crippen LogP contribution in [0.2, 0.25) is 0 Å². The van der Waals surface area contributed by atoms with Crippen LogP contribution in [0.5, 0.6) is 11.5 Å². The summed E-state index contributed by atoms with van der Waals surface area (Å²) in [6, 6.07) is 2.52. The number of carbonyl (C=O) groups is 24. The molecule has 0 saturated carbocycles. The summed E-state index contributed by atoms with van der Waals surface area (Å²) in [6.07, 6.45) is -18.1. The van der Waals surface area contributed by atoms with Crippen molar-refractivity contribution in [1.29, 1.82) is 10.8 Å². The van der Waals surface area contributed by atoms with Gasteiger partial charge in [0.1, 0.15) is 79.7 Å². The summed E-state index contributed by atoms with van der Waals surface area (Å²) in [6.45, 7) is 7.12. The Morgan fingerprint density at radius 3 is 1.16 bits per heavy atom. The summed E-state index contributed by atoms with van der Waals surface area (Å²) < 4.78 is 0. The van der Waals surface area contributed by atoms with E-state index in [9.17, 15) is 102 Å². The Balaban J connectivity index is 1.99. The van der Waals surface area contributed by atoms with Crippen molar-refractivity contribution in [2.45, 2.75) is 259 Å². The molecular formula is C91H133N29O27. The van der Waals surface area contributed by atoms with Crippen LogP contribution in [-0.4, -0.2) is 314 Å². The van der Waals surface area contributed by atoms with Gasteiger partial charge < -0.3 is 156 Å². The molecule has 56 nitrogen and oxygen atoms in total. The lowest BCUT2D eigenvalue weighted by Crippen LogP contribution is -2.71. The second kappa shape index (κ2) is 64.1. The van der Waals surface area contributed by atoms with E-state index in [2.05, 4.69) is 122 Å². The van der Waals surface area contributed by atoms with Crippen LogP contribution in [0.1, 0.15) is 135 Å². The fourth-order valence-electron chi connectivity index (χ4n) is 14.0. The number of hydrogen-bond donors (Lipinski definition) is 32. The smallest absolute Gasteiger partial charge is 0.305 e.